The van der Waals surface area contributed by atoms with Crippen molar-refractivity contribution in [1.82, 2.24) is 0 Å². The van der Waals surface area contributed by atoms with E-state index in [1.165, 1.54) is 0 Å². The Balaban J connectivity index is 2.35. The van der Waals surface area contributed by atoms with Crippen molar-refractivity contribution in [2.24, 2.45) is 5.41 Å². The zero-order valence-electron chi connectivity index (χ0n) is 7.79. The SMILES string of the molecule is CC1(C=O)C=CCCC12OCCO2. The molecule has 2 aliphatic rings. The molecule has 13 heavy (non-hydrogen) atoms. The Bertz CT molecular complexity index is 241. The molecule has 2 rings (SSSR count). The standard InChI is InChI=1S/C10H14O3/c1-9(8-11)4-2-3-5-10(9)12-6-7-13-10/h2,4,8H,3,5-7H2,1H3. The van der Waals surface area contributed by atoms with Gasteiger partial charge in [-0.2, -0.15) is 0 Å². The summed E-state index contributed by atoms with van der Waals surface area (Å²) in [6.45, 7) is 3.05. The molecule has 1 atom stereocenters. The first kappa shape index (κ1) is 8.91. The largest absolute Gasteiger partial charge is 0.346 e. The predicted octanol–water partition coefficient (Wildman–Crippen LogP) is 1.28. The Kier molecular flexibility index (Phi) is 2.00. The van der Waals surface area contributed by atoms with Crippen molar-refractivity contribution in [3.05, 3.63) is 12.2 Å². The van der Waals surface area contributed by atoms with Gasteiger partial charge in [-0.3, -0.25) is 0 Å². The van der Waals surface area contributed by atoms with E-state index in [4.69, 9.17) is 9.47 Å². The van der Waals surface area contributed by atoms with E-state index in [0.717, 1.165) is 19.1 Å². The highest BCUT2D eigenvalue weighted by Gasteiger charge is 2.52. The minimum Gasteiger partial charge on any atom is -0.346 e. The highest BCUT2D eigenvalue weighted by atomic mass is 16.7. The lowest BCUT2D eigenvalue weighted by molar-refractivity contribution is -0.216. The second kappa shape index (κ2) is 2.93. The van der Waals surface area contributed by atoms with Gasteiger partial charge in [-0.1, -0.05) is 12.2 Å². The van der Waals surface area contributed by atoms with Gasteiger partial charge in [0.2, 0.25) is 0 Å². The fourth-order valence-corrected chi connectivity index (χ4v) is 2.04. The van der Waals surface area contributed by atoms with Gasteiger partial charge in [0.15, 0.2) is 5.79 Å². The maximum Gasteiger partial charge on any atom is 0.184 e. The van der Waals surface area contributed by atoms with Gasteiger partial charge in [-0.15, -0.1) is 0 Å². The van der Waals surface area contributed by atoms with Crippen molar-refractivity contribution in [2.45, 2.75) is 25.6 Å². The van der Waals surface area contributed by atoms with E-state index in [-0.39, 0.29) is 0 Å². The first-order valence-electron chi connectivity index (χ1n) is 4.64. The van der Waals surface area contributed by atoms with E-state index in [1.54, 1.807) is 0 Å². The van der Waals surface area contributed by atoms with Crippen LogP contribution >= 0.6 is 0 Å². The van der Waals surface area contributed by atoms with Crippen LogP contribution in [0.25, 0.3) is 0 Å². The molecule has 0 amide bonds. The summed E-state index contributed by atoms with van der Waals surface area (Å²) in [5.74, 6) is -0.677. The average molecular weight is 182 g/mol. The zero-order valence-corrected chi connectivity index (χ0v) is 7.79. The molecule has 0 aromatic heterocycles. The van der Waals surface area contributed by atoms with Crippen LogP contribution < -0.4 is 0 Å². The molecule has 1 heterocycles. The van der Waals surface area contributed by atoms with Crippen molar-refractivity contribution < 1.29 is 14.3 Å². The molecule has 0 N–H and O–H groups in total. The molecule has 0 saturated carbocycles. The molecule has 1 unspecified atom stereocenters. The third kappa shape index (κ3) is 1.15. The molecule has 1 fully saturated rings. The Morgan fingerprint density at radius 3 is 2.69 bits per heavy atom. The average Bonchev–Trinajstić information content (AvgIpc) is 2.61. The quantitative estimate of drug-likeness (QED) is 0.452. The van der Waals surface area contributed by atoms with Gasteiger partial charge in [0.1, 0.15) is 6.29 Å². The minimum absolute atomic E-state index is 0.595. The third-order valence-electron chi connectivity index (χ3n) is 2.92. The van der Waals surface area contributed by atoms with Crippen LogP contribution in [0.1, 0.15) is 19.8 Å². The molecule has 0 bridgehead atoms. The lowest BCUT2D eigenvalue weighted by Crippen LogP contribution is -2.49. The number of rotatable bonds is 1. The van der Waals surface area contributed by atoms with Gasteiger partial charge in [-0.25, -0.2) is 0 Å². The monoisotopic (exact) mass is 182 g/mol. The minimum atomic E-state index is -0.677. The first-order valence-corrected chi connectivity index (χ1v) is 4.64. The maximum absolute atomic E-state index is 11.0. The highest BCUT2D eigenvalue weighted by molar-refractivity contribution is 5.64. The molecular weight excluding hydrogens is 168 g/mol. The lowest BCUT2D eigenvalue weighted by Gasteiger charge is -2.41. The van der Waals surface area contributed by atoms with Gasteiger partial charge in [-0.05, 0) is 13.3 Å². The molecular formula is C10H14O3. The Morgan fingerprint density at radius 1 is 1.38 bits per heavy atom. The number of hydrogen-bond donors (Lipinski definition) is 0. The Hall–Kier alpha value is -0.670. The van der Waals surface area contributed by atoms with Crippen LogP contribution in [-0.2, 0) is 14.3 Å². The van der Waals surface area contributed by atoms with Crippen LogP contribution in [-0.4, -0.2) is 25.3 Å². The molecule has 0 aromatic rings. The molecule has 3 heteroatoms. The number of ether oxygens (including phenoxy) is 2. The molecule has 1 aliphatic heterocycles. The fraction of sp³-hybridized carbons (Fsp3) is 0.700. The van der Waals surface area contributed by atoms with Crippen molar-refractivity contribution >= 4 is 6.29 Å². The topological polar surface area (TPSA) is 35.5 Å². The third-order valence-corrected chi connectivity index (χ3v) is 2.92. The smallest absolute Gasteiger partial charge is 0.184 e. The lowest BCUT2D eigenvalue weighted by atomic mass is 9.76. The second-order valence-corrected chi connectivity index (χ2v) is 3.79. The normalized spacial score (nSPS) is 36.7. The summed E-state index contributed by atoms with van der Waals surface area (Å²) in [7, 11) is 0. The van der Waals surface area contributed by atoms with Crippen LogP contribution in [0.15, 0.2) is 12.2 Å². The van der Waals surface area contributed by atoms with Crippen molar-refractivity contribution in [3.63, 3.8) is 0 Å². The van der Waals surface area contributed by atoms with Gasteiger partial charge in [0.25, 0.3) is 0 Å². The second-order valence-electron chi connectivity index (χ2n) is 3.79. The summed E-state index contributed by atoms with van der Waals surface area (Å²) in [6, 6.07) is 0. The molecule has 1 aliphatic carbocycles. The fourth-order valence-electron chi connectivity index (χ4n) is 2.04. The Labute approximate surface area is 77.7 Å². The number of hydrogen-bond acceptors (Lipinski definition) is 3. The predicted molar refractivity (Wildman–Crippen MR) is 47.2 cm³/mol. The summed E-state index contributed by atoms with van der Waals surface area (Å²) in [6.07, 6.45) is 6.54. The van der Waals surface area contributed by atoms with Crippen molar-refractivity contribution in [1.29, 1.82) is 0 Å². The maximum atomic E-state index is 11.0. The number of carbonyl (C=O) groups is 1. The number of allylic oxidation sites excluding steroid dienone is 1. The summed E-state index contributed by atoms with van der Waals surface area (Å²) in [5.41, 5.74) is -0.609. The first-order chi connectivity index (χ1) is 6.22. The van der Waals surface area contributed by atoms with E-state index in [0.29, 0.717) is 13.2 Å². The summed E-state index contributed by atoms with van der Waals surface area (Å²) in [4.78, 5) is 11.0. The molecule has 0 radical (unpaired) electrons. The molecule has 3 nitrogen and oxygen atoms in total. The van der Waals surface area contributed by atoms with Crippen molar-refractivity contribution in [3.8, 4) is 0 Å². The van der Waals surface area contributed by atoms with Crippen LogP contribution in [0, 0.1) is 5.41 Å². The van der Waals surface area contributed by atoms with E-state index in [2.05, 4.69) is 0 Å². The van der Waals surface area contributed by atoms with Crippen molar-refractivity contribution in [2.75, 3.05) is 13.2 Å². The summed E-state index contributed by atoms with van der Waals surface area (Å²) in [5, 5.41) is 0. The van der Waals surface area contributed by atoms with Gasteiger partial charge < -0.3 is 14.3 Å². The van der Waals surface area contributed by atoms with E-state index in [1.807, 2.05) is 19.1 Å². The summed E-state index contributed by atoms with van der Waals surface area (Å²) >= 11 is 0. The van der Waals surface area contributed by atoms with Gasteiger partial charge in [0.05, 0.1) is 18.6 Å². The van der Waals surface area contributed by atoms with E-state index in [9.17, 15) is 4.79 Å². The van der Waals surface area contributed by atoms with Crippen LogP contribution in [0.4, 0.5) is 0 Å². The van der Waals surface area contributed by atoms with E-state index >= 15 is 0 Å². The van der Waals surface area contributed by atoms with Gasteiger partial charge >= 0.3 is 0 Å². The molecule has 1 spiro atoms. The van der Waals surface area contributed by atoms with Gasteiger partial charge in [0, 0.05) is 6.42 Å². The molecule has 1 saturated heterocycles. The molecule has 72 valence electrons. The number of carbonyl (C=O) groups excluding carboxylic acids is 1. The number of aldehydes is 1. The zero-order chi connectivity index (χ0) is 9.36. The highest BCUT2D eigenvalue weighted by Crippen LogP contribution is 2.44. The van der Waals surface area contributed by atoms with E-state index < -0.39 is 11.2 Å². The van der Waals surface area contributed by atoms with Crippen LogP contribution in [0.2, 0.25) is 0 Å². The molecule has 0 aromatic carbocycles. The summed E-state index contributed by atoms with van der Waals surface area (Å²) < 4.78 is 11.2. The van der Waals surface area contributed by atoms with Crippen LogP contribution in [0.3, 0.4) is 0 Å². The van der Waals surface area contributed by atoms with Crippen LogP contribution in [0.5, 0.6) is 0 Å². The Morgan fingerprint density at radius 2 is 2.08 bits per heavy atom.